The molecule has 0 aromatic rings. The van der Waals surface area contributed by atoms with Gasteiger partial charge in [-0.15, -0.1) is 0 Å². The number of hydrogen-bond donors (Lipinski definition) is 7. The van der Waals surface area contributed by atoms with Gasteiger partial charge in [-0.05, 0) is 6.92 Å². The Morgan fingerprint density at radius 2 is 1.50 bits per heavy atom. The van der Waals surface area contributed by atoms with E-state index >= 15 is 0 Å². The summed E-state index contributed by atoms with van der Waals surface area (Å²) < 4.78 is 16.2. The van der Waals surface area contributed by atoms with Crippen molar-refractivity contribution in [1.29, 1.82) is 0 Å². The maximum atomic E-state index is 11.7. The lowest BCUT2D eigenvalue weighted by atomic mass is 9.96. The molecule has 12 heteroatoms. The van der Waals surface area contributed by atoms with Crippen LogP contribution >= 0.6 is 0 Å². The van der Waals surface area contributed by atoms with E-state index in [9.17, 15) is 40.5 Å². The van der Waals surface area contributed by atoms with Crippen molar-refractivity contribution in [3.05, 3.63) is 0 Å². The van der Waals surface area contributed by atoms with Gasteiger partial charge in [0.15, 0.2) is 12.5 Å². The minimum absolute atomic E-state index is 0.181. The van der Waals surface area contributed by atoms with E-state index in [0.717, 1.165) is 0 Å². The second-order valence-corrected chi connectivity index (χ2v) is 6.83. The molecule has 0 aromatic heterocycles. The van der Waals surface area contributed by atoms with E-state index in [1.807, 2.05) is 0 Å². The summed E-state index contributed by atoms with van der Waals surface area (Å²) in [5.41, 5.74) is 0. The molecule has 0 radical (unpaired) electrons. The second-order valence-electron chi connectivity index (χ2n) is 6.83. The summed E-state index contributed by atoms with van der Waals surface area (Å²) in [6.07, 6.45) is -14.9. The molecule has 12 nitrogen and oxygen atoms in total. The topological polar surface area (TPSA) is 190 Å². The molecular formula is C16H29NO11. The first-order chi connectivity index (χ1) is 13.2. The van der Waals surface area contributed by atoms with Gasteiger partial charge in [0, 0.05) is 13.5 Å². The average molecular weight is 411 g/mol. The summed E-state index contributed by atoms with van der Waals surface area (Å²) in [5.74, 6) is -0.413. The molecule has 2 fully saturated rings. The lowest BCUT2D eigenvalue weighted by molar-refractivity contribution is -0.347. The van der Waals surface area contributed by atoms with Crippen LogP contribution in [0.3, 0.4) is 0 Å². The van der Waals surface area contributed by atoms with E-state index in [1.165, 1.54) is 11.8 Å². The molecule has 0 saturated carbocycles. The molecule has 28 heavy (non-hydrogen) atoms. The third-order valence-electron chi connectivity index (χ3n) is 5.03. The van der Waals surface area contributed by atoms with Crippen LogP contribution in [0.5, 0.6) is 0 Å². The summed E-state index contributed by atoms with van der Waals surface area (Å²) in [5, 5.41) is 69.5. The van der Waals surface area contributed by atoms with Gasteiger partial charge in [0.2, 0.25) is 5.91 Å². The maximum absolute atomic E-state index is 11.7. The number of likely N-dealkylation sites (N-methyl/N-ethyl adjacent to an activating group) is 1. The highest BCUT2D eigenvalue weighted by atomic mass is 16.7. The summed E-state index contributed by atoms with van der Waals surface area (Å²) in [6, 6.07) is 0. The Bertz CT molecular complexity index is 519. The molecule has 2 heterocycles. The standard InChI is InChI=1S/C16H29NO11/c1-3-17(6(2)20)15-12(24)11(23)14(8(5-19)26-15)28-16-13(25)10(22)9(21)7(4-18)27-16/h7-16,18-19,21-25H,3-5H2,1-2H3/t7?,8-,9+,10+,11?,12?,13?,14-,15+,16+/m1/s1. The van der Waals surface area contributed by atoms with E-state index in [-0.39, 0.29) is 6.54 Å². The van der Waals surface area contributed by atoms with Crippen molar-refractivity contribution in [3.63, 3.8) is 0 Å². The van der Waals surface area contributed by atoms with E-state index in [0.29, 0.717) is 0 Å². The van der Waals surface area contributed by atoms with Gasteiger partial charge in [-0.2, -0.15) is 0 Å². The zero-order valence-electron chi connectivity index (χ0n) is 15.6. The molecular weight excluding hydrogens is 382 g/mol. The number of aliphatic hydroxyl groups is 7. The summed E-state index contributed by atoms with van der Waals surface area (Å²) in [6.45, 7) is 1.76. The number of aliphatic hydroxyl groups excluding tert-OH is 7. The molecule has 7 N–H and O–H groups in total. The molecule has 4 unspecified atom stereocenters. The first-order valence-corrected chi connectivity index (χ1v) is 9.03. The predicted molar refractivity (Wildman–Crippen MR) is 89.5 cm³/mol. The molecule has 2 saturated heterocycles. The molecule has 0 spiro atoms. The van der Waals surface area contributed by atoms with E-state index in [1.54, 1.807) is 6.92 Å². The molecule has 0 bridgehead atoms. The summed E-state index contributed by atoms with van der Waals surface area (Å²) in [7, 11) is 0. The normalized spacial score (nSPS) is 44.3. The fraction of sp³-hybridized carbons (Fsp3) is 0.938. The van der Waals surface area contributed by atoms with Gasteiger partial charge in [0.1, 0.15) is 48.8 Å². The van der Waals surface area contributed by atoms with Gasteiger partial charge < -0.3 is 54.9 Å². The van der Waals surface area contributed by atoms with Crippen LogP contribution in [0.4, 0.5) is 0 Å². The van der Waals surface area contributed by atoms with Crippen LogP contribution in [0, 0.1) is 0 Å². The van der Waals surface area contributed by atoms with Crippen LogP contribution in [-0.2, 0) is 19.0 Å². The van der Waals surface area contributed by atoms with Crippen molar-refractivity contribution < 1.29 is 54.8 Å². The van der Waals surface area contributed by atoms with Crippen molar-refractivity contribution in [1.82, 2.24) is 4.90 Å². The van der Waals surface area contributed by atoms with Crippen LogP contribution in [0.2, 0.25) is 0 Å². The molecule has 164 valence electrons. The fourth-order valence-electron chi connectivity index (χ4n) is 3.41. The molecule has 2 aliphatic heterocycles. The Hall–Kier alpha value is -0.930. The fourth-order valence-corrected chi connectivity index (χ4v) is 3.41. The van der Waals surface area contributed by atoms with Crippen LogP contribution in [-0.4, -0.2) is 128 Å². The minimum atomic E-state index is -1.73. The lowest BCUT2D eigenvalue weighted by Gasteiger charge is -2.48. The Morgan fingerprint density at radius 1 is 0.893 bits per heavy atom. The quantitative estimate of drug-likeness (QED) is 0.223. The van der Waals surface area contributed by atoms with Crippen LogP contribution in [0.1, 0.15) is 13.8 Å². The molecule has 0 aromatic carbocycles. The van der Waals surface area contributed by atoms with Gasteiger partial charge >= 0.3 is 0 Å². The number of nitrogens with zero attached hydrogens (tertiary/aromatic N) is 1. The monoisotopic (exact) mass is 411 g/mol. The zero-order chi connectivity index (χ0) is 21.2. The number of carbonyl (C=O) groups is 1. The van der Waals surface area contributed by atoms with E-state index < -0.39 is 80.5 Å². The van der Waals surface area contributed by atoms with Crippen LogP contribution in [0.25, 0.3) is 0 Å². The third-order valence-corrected chi connectivity index (χ3v) is 5.03. The minimum Gasteiger partial charge on any atom is -0.394 e. The molecule has 0 aliphatic carbocycles. The highest BCUT2D eigenvalue weighted by molar-refractivity contribution is 5.73. The summed E-state index contributed by atoms with van der Waals surface area (Å²) in [4.78, 5) is 12.9. The largest absolute Gasteiger partial charge is 0.394 e. The van der Waals surface area contributed by atoms with Gasteiger partial charge in [-0.1, -0.05) is 0 Å². The molecule has 1 amide bonds. The van der Waals surface area contributed by atoms with Crippen LogP contribution < -0.4 is 0 Å². The Labute approximate surface area is 161 Å². The van der Waals surface area contributed by atoms with E-state index in [4.69, 9.17) is 14.2 Å². The number of ether oxygens (including phenoxy) is 3. The van der Waals surface area contributed by atoms with Crippen molar-refractivity contribution in [2.45, 2.75) is 75.2 Å². The molecule has 2 aliphatic rings. The highest BCUT2D eigenvalue weighted by Gasteiger charge is 2.51. The van der Waals surface area contributed by atoms with Crippen molar-refractivity contribution in [2.24, 2.45) is 0 Å². The van der Waals surface area contributed by atoms with Gasteiger partial charge in [0.25, 0.3) is 0 Å². The predicted octanol–water partition coefficient (Wildman–Crippen LogP) is -4.52. The second kappa shape index (κ2) is 9.71. The van der Waals surface area contributed by atoms with Gasteiger partial charge in [-0.3, -0.25) is 4.79 Å². The number of amides is 1. The zero-order valence-corrected chi connectivity index (χ0v) is 15.6. The number of hydrogen-bond acceptors (Lipinski definition) is 11. The number of carbonyl (C=O) groups excluding carboxylic acids is 1. The molecule has 2 rings (SSSR count). The van der Waals surface area contributed by atoms with Crippen molar-refractivity contribution in [2.75, 3.05) is 19.8 Å². The van der Waals surface area contributed by atoms with Crippen molar-refractivity contribution >= 4 is 5.91 Å². The van der Waals surface area contributed by atoms with Gasteiger partial charge in [-0.25, -0.2) is 0 Å². The first kappa shape index (κ1) is 23.3. The smallest absolute Gasteiger partial charge is 0.221 e. The van der Waals surface area contributed by atoms with Crippen LogP contribution in [0.15, 0.2) is 0 Å². The lowest BCUT2D eigenvalue weighted by Crippen LogP contribution is -2.67. The SMILES string of the molecule is CCN(C(C)=O)[C@H]1O[C@H](CO)[C@@H](O[C@@H]2OC(CO)[C@H](O)[C@H](O)C2O)C(O)C1O. The Balaban J connectivity index is 2.18. The maximum Gasteiger partial charge on any atom is 0.221 e. The Morgan fingerprint density at radius 3 is 2.00 bits per heavy atom. The highest BCUT2D eigenvalue weighted by Crippen LogP contribution is 2.30. The molecule has 10 atom stereocenters. The summed E-state index contributed by atoms with van der Waals surface area (Å²) >= 11 is 0. The van der Waals surface area contributed by atoms with E-state index in [2.05, 4.69) is 0 Å². The van der Waals surface area contributed by atoms with Gasteiger partial charge in [0.05, 0.1) is 13.2 Å². The number of rotatable bonds is 6. The Kier molecular flexibility index (Phi) is 8.10. The third kappa shape index (κ3) is 4.46. The average Bonchev–Trinajstić information content (AvgIpc) is 2.67. The van der Waals surface area contributed by atoms with Crippen molar-refractivity contribution in [3.8, 4) is 0 Å². The first-order valence-electron chi connectivity index (χ1n) is 9.03.